The molecule has 1 aromatic heterocycles. The van der Waals surface area contributed by atoms with Gasteiger partial charge in [0.25, 0.3) is 0 Å². The van der Waals surface area contributed by atoms with Gasteiger partial charge in [-0.05, 0) is 11.4 Å². The molecule has 0 amide bonds. The lowest BCUT2D eigenvalue weighted by atomic mass is 10.2. The Morgan fingerprint density at radius 1 is 1.61 bits per heavy atom. The minimum Gasteiger partial charge on any atom is -0.389 e. The maximum Gasteiger partial charge on any atom is 0.121 e. The lowest BCUT2D eigenvalue weighted by Gasteiger charge is -2.18. The van der Waals surface area contributed by atoms with Crippen molar-refractivity contribution >= 4 is 17.0 Å². The molecule has 0 saturated heterocycles. The standard InChI is InChI=1S/C13H20N2O2S/c1-8(2)15-6-9(16)7-17-13-10-3-4-18-12(10)5-11(13)14/h3-4,8-9,13-16H,5-7H2,1-2H3. The van der Waals surface area contributed by atoms with Crippen LogP contribution in [-0.2, 0) is 11.2 Å². The second-order valence-electron chi connectivity index (χ2n) is 4.93. The van der Waals surface area contributed by atoms with E-state index >= 15 is 0 Å². The minimum absolute atomic E-state index is 0.250. The normalized spacial score (nSPS) is 20.4. The molecule has 0 aliphatic heterocycles. The molecule has 0 saturated carbocycles. The summed E-state index contributed by atoms with van der Waals surface area (Å²) in [5.74, 6) is 0. The molecule has 0 spiro atoms. The van der Waals surface area contributed by atoms with E-state index in [9.17, 15) is 5.11 Å². The van der Waals surface area contributed by atoms with Crippen LogP contribution in [0.1, 0.15) is 30.4 Å². The first-order valence-corrected chi connectivity index (χ1v) is 7.12. The van der Waals surface area contributed by atoms with Crippen LogP contribution in [0.4, 0.5) is 0 Å². The second kappa shape index (κ2) is 5.93. The number of aliphatic hydroxyl groups excluding tert-OH is 1. The Morgan fingerprint density at radius 3 is 3.11 bits per heavy atom. The lowest BCUT2D eigenvalue weighted by molar-refractivity contribution is 0.0169. The summed E-state index contributed by atoms with van der Waals surface area (Å²) in [5, 5.41) is 22.9. The molecular formula is C13H20N2O2S. The number of thiophene rings is 1. The highest BCUT2D eigenvalue weighted by atomic mass is 32.1. The van der Waals surface area contributed by atoms with Gasteiger partial charge in [-0.1, -0.05) is 13.8 Å². The van der Waals surface area contributed by atoms with E-state index in [0.29, 0.717) is 24.7 Å². The second-order valence-corrected chi connectivity index (χ2v) is 5.93. The third-order valence-corrected chi connectivity index (χ3v) is 3.88. The third kappa shape index (κ3) is 3.17. The van der Waals surface area contributed by atoms with Gasteiger partial charge in [0, 0.05) is 35.2 Å². The van der Waals surface area contributed by atoms with Crippen LogP contribution in [0, 0.1) is 5.41 Å². The van der Waals surface area contributed by atoms with Gasteiger partial charge >= 0.3 is 0 Å². The maximum absolute atomic E-state index is 9.79. The van der Waals surface area contributed by atoms with E-state index in [0.717, 1.165) is 5.56 Å². The van der Waals surface area contributed by atoms with Crippen molar-refractivity contribution in [2.45, 2.75) is 38.5 Å². The molecule has 5 heteroatoms. The van der Waals surface area contributed by atoms with Gasteiger partial charge in [-0.2, -0.15) is 0 Å². The van der Waals surface area contributed by atoms with Gasteiger partial charge in [-0.15, -0.1) is 11.3 Å². The monoisotopic (exact) mass is 268 g/mol. The number of fused-ring (bicyclic) bond motifs is 1. The van der Waals surface area contributed by atoms with Crippen molar-refractivity contribution in [2.24, 2.45) is 0 Å². The summed E-state index contributed by atoms with van der Waals surface area (Å²) in [6.07, 6.45) is -0.0827. The zero-order chi connectivity index (χ0) is 13.1. The van der Waals surface area contributed by atoms with Crippen LogP contribution in [0.3, 0.4) is 0 Å². The van der Waals surface area contributed by atoms with Crippen LogP contribution >= 0.6 is 11.3 Å². The van der Waals surface area contributed by atoms with Crippen LogP contribution in [0.25, 0.3) is 0 Å². The zero-order valence-corrected chi connectivity index (χ0v) is 11.6. The van der Waals surface area contributed by atoms with Crippen molar-refractivity contribution in [2.75, 3.05) is 13.2 Å². The molecule has 2 atom stereocenters. The van der Waals surface area contributed by atoms with Crippen LogP contribution in [0.15, 0.2) is 11.4 Å². The van der Waals surface area contributed by atoms with Gasteiger partial charge in [0.05, 0.1) is 12.7 Å². The number of aliphatic hydroxyl groups is 1. The zero-order valence-electron chi connectivity index (χ0n) is 10.8. The van der Waals surface area contributed by atoms with Crippen molar-refractivity contribution in [3.05, 3.63) is 21.9 Å². The van der Waals surface area contributed by atoms with E-state index in [1.54, 1.807) is 11.3 Å². The van der Waals surface area contributed by atoms with E-state index in [1.807, 2.05) is 25.3 Å². The highest BCUT2D eigenvalue weighted by Crippen LogP contribution is 2.35. The SMILES string of the molecule is CC(C)NCC(O)COC1C(=N)Cc2sccc21. The highest BCUT2D eigenvalue weighted by Gasteiger charge is 2.29. The summed E-state index contributed by atoms with van der Waals surface area (Å²) >= 11 is 1.67. The van der Waals surface area contributed by atoms with Gasteiger partial charge in [0.2, 0.25) is 0 Å². The maximum atomic E-state index is 9.79. The van der Waals surface area contributed by atoms with E-state index in [1.165, 1.54) is 4.88 Å². The molecule has 2 unspecified atom stereocenters. The largest absolute Gasteiger partial charge is 0.389 e. The van der Waals surface area contributed by atoms with E-state index < -0.39 is 6.10 Å². The molecule has 0 bridgehead atoms. The van der Waals surface area contributed by atoms with Crippen LogP contribution < -0.4 is 5.32 Å². The summed E-state index contributed by atoms with van der Waals surface area (Å²) in [6, 6.07) is 2.37. The Kier molecular flexibility index (Phi) is 4.50. The van der Waals surface area contributed by atoms with Gasteiger partial charge in [-0.3, -0.25) is 0 Å². The van der Waals surface area contributed by atoms with Gasteiger partial charge < -0.3 is 20.6 Å². The molecule has 2 rings (SSSR count). The number of nitrogens with one attached hydrogen (secondary N) is 2. The molecule has 1 heterocycles. The number of hydrogen-bond acceptors (Lipinski definition) is 5. The molecule has 0 aromatic carbocycles. The van der Waals surface area contributed by atoms with Crippen molar-refractivity contribution in [1.29, 1.82) is 5.41 Å². The highest BCUT2D eigenvalue weighted by molar-refractivity contribution is 7.10. The quantitative estimate of drug-likeness (QED) is 0.736. The molecule has 4 nitrogen and oxygen atoms in total. The first-order chi connectivity index (χ1) is 8.58. The number of hydrogen-bond donors (Lipinski definition) is 3. The Morgan fingerprint density at radius 2 is 2.39 bits per heavy atom. The number of rotatable bonds is 6. The Labute approximate surface area is 111 Å². The smallest absolute Gasteiger partial charge is 0.121 e. The molecule has 1 aliphatic carbocycles. The first-order valence-electron chi connectivity index (χ1n) is 6.24. The average Bonchev–Trinajstić information content (AvgIpc) is 2.84. The molecule has 3 N–H and O–H groups in total. The fraction of sp³-hybridized carbons (Fsp3) is 0.615. The topological polar surface area (TPSA) is 65.3 Å². The van der Waals surface area contributed by atoms with Gasteiger partial charge in [-0.25, -0.2) is 0 Å². The van der Waals surface area contributed by atoms with Crippen molar-refractivity contribution < 1.29 is 9.84 Å². The molecule has 18 heavy (non-hydrogen) atoms. The predicted octanol–water partition coefficient (Wildman–Crippen LogP) is 1.74. The van der Waals surface area contributed by atoms with Crippen molar-refractivity contribution in [1.82, 2.24) is 5.32 Å². The minimum atomic E-state index is -0.525. The predicted molar refractivity (Wildman–Crippen MR) is 73.6 cm³/mol. The van der Waals surface area contributed by atoms with Crippen molar-refractivity contribution in [3.8, 4) is 0 Å². The van der Waals surface area contributed by atoms with Gasteiger partial charge in [0.1, 0.15) is 6.10 Å². The third-order valence-electron chi connectivity index (χ3n) is 2.95. The van der Waals surface area contributed by atoms with E-state index in [4.69, 9.17) is 10.1 Å². The molecule has 0 radical (unpaired) electrons. The summed E-state index contributed by atoms with van der Waals surface area (Å²) in [4.78, 5) is 1.22. The molecule has 1 aliphatic rings. The molecule has 0 fully saturated rings. The van der Waals surface area contributed by atoms with Crippen molar-refractivity contribution in [3.63, 3.8) is 0 Å². The van der Waals surface area contributed by atoms with Crippen LogP contribution in [0.2, 0.25) is 0 Å². The van der Waals surface area contributed by atoms with Gasteiger partial charge in [0.15, 0.2) is 0 Å². The Bertz CT molecular complexity index is 417. The Hall–Kier alpha value is -0.750. The van der Waals surface area contributed by atoms with Crippen LogP contribution in [-0.4, -0.2) is 36.1 Å². The molecule has 100 valence electrons. The summed E-state index contributed by atoms with van der Waals surface area (Å²) in [5.41, 5.74) is 1.70. The summed E-state index contributed by atoms with van der Waals surface area (Å²) in [6.45, 7) is 4.87. The fourth-order valence-electron chi connectivity index (χ4n) is 2.01. The first kappa shape index (κ1) is 13.7. The van der Waals surface area contributed by atoms with Crippen LogP contribution in [0.5, 0.6) is 0 Å². The fourth-order valence-corrected chi connectivity index (χ4v) is 2.94. The summed E-state index contributed by atoms with van der Waals surface area (Å²) in [7, 11) is 0. The molecular weight excluding hydrogens is 248 g/mol. The van der Waals surface area contributed by atoms with E-state index in [2.05, 4.69) is 5.32 Å². The summed E-state index contributed by atoms with van der Waals surface area (Å²) < 4.78 is 5.69. The lowest BCUT2D eigenvalue weighted by Crippen LogP contribution is -2.35. The van der Waals surface area contributed by atoms with E-state index in [-0.39, 0.29) is 12.7 Å². The number of ether oxygens (including phenoxy) is 1. The molecule has 1 aromatic rings. The average molecular weight is 268 g/mol. The Balaban J connectivity index is 1.82.